The smallest absolute Gasteiger partial charge is 0.111 e. The highest BCUT2D eigenvalue weighted by Crippen LogP contribution is 2.10. The molecule has 0 spiro atoms. The SMILES string of the molecule is CCCCCCn1nnc(CO)c1CCC. The third kappa shape index (κ3) is 3.59. The van der Waals surface area contributed by atoms with E-state index in [1.54, 1.807) is 0 Å². The van der Waals surface area contributed by atoms with Crippen molar-refractivity contribution in [1.29, 1.82) is 0 Å². The summed E-state index contributed by atoms with van der Waals surface area (Å²) < 4.78 is 1.96. The average molecular weight is 225 g/mol. The first-order valence-corrected chi connectivity index (χ1v) is 6.35. The zero-order valence-corrected chi connectivity index (χ0v) is 10.4. The third-order valence-electron chi connectivity index (χ3n) is 2.78. The predicted molar refractivity (Wildman–Crippen MR) is 64.1 cm³/mol. The number of rotatable bonds is 8. The molecule has 0 aliphatic carbocycles. The fraction of sp³-hybridized carbons (Fsp3) is 0.833. The Morgan fingerprint density at radius 2 is 1.94 bits per heavy atom. The van der Waals surface area contributed by atoms with Gasteiger partial charge in [-0.3, -0.25) is 0 Å². The first kappa shape index (κ1) is 13.2. The van der Waals surface area contributed by atoms with Crippen molar-refractivity contribution in [3.8, 4) is 0 Å². The zero-order chi connectivity index (χ0) is 11.8. The summed E-state index contributed by atoms with van der Waals surface area (Å²) in [5, 5.41) is 17.3. The topological polar surface area (TPSA) is 50.9 Å². The first-order chi connectivity index (χ1) is 7.83. The lowest BCUT2D eigenvalue weighted by atomic mass is 10.2. The van der Waals surface area contributed by atoms with E-state index in [1.165, 1.54) is 19.3 Å². The van der Waals surface area contributed by atoms with Gasteiger partial charge in [0.15, 0.2) is 0 Å². The van der Waals surface area contributed by atoms with Crippen LogP contribution in [-0.4, -0.2) is 20.1 Å². The molecule has 4 heteroatoms. The van der Waals surface area contributed by atoms with Gasteiger partial charge in [0.1, 0.15) is 5.69 Å². The molecule has 0 fully saturated rings. The van der Waals surface area contributed by atoms with Crippen molar-refractivity contribution in [3.05, 3.63) is 11.4 Å². The van der Waals surface area contributed by atoms with Gasteiger partial charge in [-0.15, -0.1) is 5.10 Å². The summed E-state index contributed by atoms with van der Waals surface area (Å²) in [6, 6.07) is 0. The second-order valence-corrected chi connectivity index (χ2v) is 4.17. The first-order valence-electron chi connectivity index (χ1n) is 6.35. The minimum Gasteiger partial charge on any atom is -0.390 e. The predicted octanol–water partition coefficient (Wildman–Crippen LogP) is 2.30. The Morgan fingerprint density at radius 1 is 1.12 bits per heavy atom. The van der Waals surface area contributed by atoms with Crippen molar-refractivity contribution >= 4 is 0 Å². The van der Waals surface area contributed by atoms with Crippen molar-refractivity contribution in [1.82, 2.24) is 15.0 Å². The number of aliphatic hydroxyl groups excluding tert-OH is 1. The second-order valence-electron chi connectivity index (χ2n) is 4.17. The van der Waals surface area contributed by atoms with E-state index in [-0.39, 0.29) is 6.61 Å². The van der Waals surface area contributed by atoms with Gasteiger partial charge < -0.3 is 5.11 Å². The van der Waals surface area contributed by atoms with Crippen LogP contribution >= 0.6 is 0 Å². The number of aliphatic hydroxyl groups is 1. The lowest BCUT2D eigenvalue weighted by Crippen LogP contribution is -2.06. The molecule has 1 N–H and O–H groups in total. The van der Waals surface area contributed by atoms with Crippen LogP contribution in [-0.2, 0) is 19.6 Å². The monoisotopic (exact) mass is 225 g/mol. The van der Waals surface area contributed by atoms with Crippen LogP contribution in [0, 0.1) is 0 Å². The number of hydrogen-bond donors (Lipinski definition) is 1. The van der Waals surface area contributed by atoms with E-state index < -0.39 is 0 Å². The maximum absolute atomic E-state index is 9.15. The van der Waals surface area contributed by atoms with E-state index >= 15 is 0 Å². The summed E-state index contributed by atoms with van der Waals surface area (Å²) in [6.45, 7) is 5.28. The maximum atomic E-state index is 9.15. The Balaban J connectivity index is 2.53. The van der Waals surface area contributed by atoms with Crippen molar-refractivity contribution < 1.29 is 5.11 Å². The van der Waals surface area contributed by atoms with E-state index in [9.17, 15) is 0 Å². The standard InChI is InChI=1S/C12H23N3O/c1-3-5-6-7-9-15-12(8-4-2)11(10-16)13-14-15/h16H,3-10H2,1-2H3. The fourth-order valence-corrected chi connectivity index (χ4v) is 1.87. The number of unbranched alkanes of at least 4 members (excludes halogenated alkanes) is 3. The third-order valence-corrected chi connectivity index (χ3v) is 2.78. The largest absolute Gasteiger partial charge is 0.390 e. The van der Waals surface area contributed by atoms with Gasteiger partial charge in [-0.1, -0.05) is 44.7 Å². The van der Waals surface area contributed by atoms with Crippen LogP contribution in [0.1, 0.15) is 57.3 Å². The molecule has 0 aromatic carbocycles. The van der Waals surface area contributed by atoms with Crippen LogP contribution in [0.25, 0.3) is 0 Å². The molecule has 1 heterocycles. The van der Waals surface area contributed by atoms with E-state index in [0.29, 0.717) is 0 Å². The van der Waals surface area contributed by atoms with Gasteiger partial charge in [-0.05, 0) is 12.8 Å². The molecule has 0 atom stereocenters. The summed E-state index contributed by atoms with van der Waals surface area (Å²) in [4.78, 5) is 0. The van der Waals surface area contributed by atoms with Gasteiger partial charge in [0.25, 0.3) is 0 Å². The molecule has 0 bridgehead atoms. The van der Waals surface area contributed by atoms with Gasteiger partial charge in [0.05, 0.1) is 12.3 Å². The van der Waals surface area contributed by atoms with Crippen molar-refractivity contribution in [2.24, 2.45) is 0 Å². The Morgan fingerprint density at radius 3 is 2.56 bits per heavy atom. The summed E-state index contributed by atoms with van der Waals surface area (Å²) in [5.74, 6) is 0. The Kier molecular flexibility index (Phi) is 6.08. The molecule has 1 aromatic heterocycles. The maximum Gasteiger partial charge on any atom is 0.111 e. The van der Waals surface area contributed by atoms with Gasteiger partial charge in [-0.25, -0.2) is 4.68 Å². The normalized spacial score (nSPS) is 10.9. The summed E-state index contributed by atoms with van der Waals surface area (Å²) >= 11 is 0. The van der Waals surface area contributed by atoms with Crippen LogP contribution in [0.15, 0.2) is 0 Å². The molecule has 0 saturated heterocycles. The van der Waals surface area contributed by atoms with Crippen molar-refractivity contribution in [2.75, 3.05) is 0 Å². The molecule has 1 rings (SSSR count). The minimum atomic E-state index is 0.00426. The van der Waals surface area contributed by atoms with Gasteiger partial charge in [0, 0.05) is 6.54 Å². The highest BCUT2D eigenvalue weighted by Gasteiger charge is 2.10. The van der Waals surface area contributed by atoms with Crippen LogP contribution in [0.4, 0.5) is 0 Å². The molecule has 92 valence electrons. The summed E-state index contributed by atoms with van der Waals surface area (Å²) in [6.07, 6.45) is 6.95. The quantitative estimate of drug-likeness (QED) is 0.691. The Bertz CT molecular complexity index is 296. The molecular weight excluding hydrogens is 202 g/mol. The number of hydrogen-bond acceptors (Lipinski definition) is 3. The molecule has 4 nitrogen and oxygen atoms in total. The van der Waals surface area contributed by atoms with Crippen molar-refractivity contribution in [2.45, 2.75) is 65.5 Å². The van der Waals surface area contributed by atoms with Gasteiger partial charge >= 0.3 is 0 Å². The molecule has 16 heavy (non-hydrogen) atoms. The number of aromatic nitrogens is 3. The molecular formula is C12H23N3O. The van der Waals surface area contributed by atoms with Crippen molar-refractivity contribution in [3.63, 3.8) is 0 Å². The molecule has 0 amide bonds. The van der Waals surface area contributed by atoms with Gasteiger partial charge in [-0.2, -0.15) is 0 Å². The van der Waals surface area contributed by atoms with Crippen LogP contribution in [0.2, 0.25) is 0 Å². The molecule has 0 unspecified atom stereocenters. The van der Waals surface area contributed by atoms with E-state index in [4.69, 9.17) is 5.11 Å². The highest BCUT2D eigenvalue weighted by molar-refractivity contribution is 5.09. The molecule has 1 aromatic rings. The summed E-state index contributed by atoms with van der Waals surface area (Å²) in [5.41, 5.74) is 1.86. The molecule has 0 aliphatic rings. The lowest BCUT2D eigenvalue weighted by Gasteiger charge is -2.06. The Labute approximate surface area is 97.7 Å². The summed E-state index contributed by atoms with van der Waals surface area (Å²) in [7, 11) is 0. The number of aryl methyl sites for hydroxylation is 1. The number of nitrogens with zero attached hydrogens (tertiary/aromatic N) is 3. The van der Waals surface area contributed by atoms with Crippen LogP contribution < -0.4 is 0 Å². The molecule has 0 saturated carbocycles. The molecule has 0 aliphatic heterocycles. The zero-order valence-electron chi connectivity index (χ0n) is 10.4. The lowest BCUT2D eigenvalue weighted by molar-refractivity contribution is 0.275. The van der Waals surface area contributed by atoms with Gasteiger partial charge in [0.2, 0.25) is 0 Å². The minimum absolute atomic E-state index is 0.00426. The van der Waals surface area contributed by atoms with E-state index in [2.05, 4.69) is 24.2 Å². The van der Waals surface area contributed by atoms with E-state index in [0.717, 1.165) is 37.2 Å². The molecule has 0 radical (unpaired) electrons. The van der Waals surface area contributed by atoms with Crippen LogP contribution in [0.3, 0.4) is 0 Å². The Hall–Kier alpha value is -0.900. The highest BCUT2D eigenvalue weighted by atomic mass is 16.3. The average Bonchev–Trinajstić information content (AvgIpc) is 2.68. The van der Waals surface area contributed by atoms with Crippen LogP contribution in [0.5, 0.6) is 0 Å². The fourth-order valence-electron chi connectivity index (χ4n) is 1.87. The van der Waals surface area contributed by atoms with E-state index in [1.807, 2.05) is 4.68 Å². The second kappa shape index (κ2) is 7.39.